The summed E-state index contributed by atoms with van der Waals surface area (Å²) in [7, 11) is 1.81. The van der Waals surface area contributed by atoms with Crippen molar-refractivity contribution in [2.45, 2.75) is 20.4 Å². The van der Waals surface area contributed by atoms with Gasteiger partial charge in [0.2, 0.25) is 0 Å². The summed E-state index contributed by atoms with van der Waals surface area (Å²) >= 11 is 0. The molecule has 1 N–H and O–H groups in total. The Balaban J connectivity index is 1.54. The number of fused-ring (bicyclic) bond motifs is 1. The topological polar surface area (TPSA) is 98.7 Å². The third-order valence-corrected chi connectivity index (χ3v) is 5.76. The second kappa shape index (κ2) is 7.98. The van der Waals surface area contributed by atoms with E-state index in [1.807, 2.05) is 75.5 Å². The Hall–Kier alpha value is -4.33. The maximum Gasteiger partial charge on any atom is 0.256 e. The maximum atomic E-state index is 12.7. The summed E-state index contributed by atoms with van der Waals surface area (Å²) in [5, 5.41) is 22.8. The summed E-state index contributed by atoms with van der Waals surface area (Å²) in [4.78, 5) is 17.3. The third-order valence-electron chi connectivity index (χ3n) is 5.76. The Morgan fingerprint density at radius 1 is 0.970 bits per heavy atom. The van der Waals surface area contributed by atoms with Crippen molar-refractivity contribution < 1.29 is 5.11 Å². The van der Waals surface area contributed by atoms with Crippen LogP contribution in [0.4, 0.5) is 0 Å². The highest BCUT2D eigenvalue weighted by Crippen LogP contribution is 2.31. The number of hydrogen-bond acceptors (Lipinski definition) is 6. The minimum atomic E-state index is -0.290. The number of tetrazole rings is 1. The zero-order chi connectivity index (χ0) is 23.1. The predicted molar refractivity (Wildman–Crippen MR) is 126 cm³/mol. The van der Waals surface area contributed by atoms with E-state index >= 15 is 0 Å². The van der Waals surface area contributed by atoms with E-state index in [1.165, 1.54) is 6.07 Å². The lowest BCUT2D eigenvalue weighted by atomic mass is 9.98. The highest BCUT2D eigenvalue weighted by atomic mass is 16.3. The molecule has 0 spiro atoms. The maximum absolute atomic E-state index is 12.7. The summed E-state index contributed by atoms with van der Waals surface area (Å²) in [5.74, 6) is 0.648. The van der Waals surface area contributed by atoms with Gasteiger partial charge in [0, 0.05) is 24.4 Å². The third kappa shape index (κ3) is 3.65. The summed E-state index contributed by atoms with van der Waals surface area (Å²) in [5.41, 5.74) is 5.80. The van der Waals surface area contributed by atoms with Crippen LogP contribution in [0.5, 0.6) is 5.75 Å². The molecule has 0 amide bonds. The fraction of sp³-hybridized carbons (Fsp3) is 0.160. The quantitative estimate of drug-likeness (QED) is 0.460. The van der Waals surface area contributed by atoms with E-state index in [0.29, 0.717) is 23.4 Å². The average molecular weight is 438 g/mol. The molecule has 2 aromatic carbocycles. The minimum Gasteiger partial charge on any atom is -0.507 e. The van der Waals surface area contributed by atoms with Crippen molar-refractivity contribution >= 4 is 11.0 Å². The lowest BCUT2D eigenvalue weighted by Crippen LogP contribution is -2.21. The Morgan fingerprint density at radius 2 is 1.70 bits per heavy atom. The van der Waals surface area contributed by atoms with Crippen molar-refractivity contribution in [2.75, 3.05) is 0 Å². The molecule has 0 fully saturated rings. The minimum absolute atomic E-state index is 0.0403. The van der Waals surface area contributed by atoms with Crippen LogP contribution in [0.3, 0.4) is 0 Å². The molecule has 8 heteroatoms. The molecule has 0 saturated carbocycles. The van der Waals surface area contributed by atoms with Gasteiger partial charge in [0.15, 0.2) is 5.82 Å². The van der Waals surface area contributed by atoms with Gasteiger partial charge in [-0.15, -0.1) is 5.10 Å². The lowest BCUT2D eigenvalue weighted by molar-refractivity contribution is 0.478. The van der Waals surface area contributed by atoms with Gasteiger partial charge in [0.1, 0.15) is 11.4 Å². The van der Waals surface area contributed by atoms with E-state index in [-0.39, 0.29) is 11.3 Å². The van der Waals surface area contributed by atoms with Crippen LogP contribution in [0, 0.1) is 13.8 Å². The molecule has 0 saturated heterocycles. The summed E-state index contributed by atoms with van der Waals surface area (Å²) in [6.45, 7) is 4.13. The molecule has 3 aromatic heterocycles. The number of hydrogen-bond donors (Lipinski definition) is 1. The van der Waals surface area contributed by atoms with Gasteiger partial charge in [0.25, 0.3) is 5.56 Å². The molecule has 0 bridgehead atoms. The van der Waals surface area contributed by atoms with Gasteiger partial charge in [-0.3, -0.25) is 9.36 Å². The van der Waals surface area contributed by atoms with Crippen LogP contribution in [-0.2, 0) is 13.6 Å². The number of aryl methyl sites for hydroxylation is 3. The number of benzene rings is 2. The summed E-state index contributed by atoms with van der Waals surface area (Å²) in [6, 6.07) is 19.2. The Labute approximate surface area is 189 Å². The van der Waals surface area contributed by atoms with E-state index in [4.69, 9.17) is 0 Å². The second-order valence-electron chi connectivity index (χ2n) is 8.10. The van der Waals surface area contributed by atoms with Gasteiger partial charge in [-0.1, -0.05) is 48.5 Å². The molecule has 0 radical (unpaired) electrons. The monoisotopic (exact) mass is 438 g/mol. The van der Waals surface area contributed by atoms with E-state index in [2.05, 4.69) is 20.5 Å². The number of rotatable bonds is 4. The first kappa shape index (κ1) is 20.6. The van der Waals surface area contributed by atoms with Crippen LogP contribution in [0.2, 0.25) is 0 Å². The lowest BCUT2D eigenvalue weighted by Gasteiger charge is -2.14. The molecule has 164 valence electrons. The molecule has 0 aliphatic heterocycles. The highest BCUT2D eigenvalue weighted by molar-refractivity contribution is 5.85. The molecule has 0 aliphatic carbocycles. The van der Waals surface area contributed by atoms with Gasteiger partial charge in [0.05, 0.1) is 11.9 Å². The standard InChI is InChI=1S/C25H22N6O2/c1-15-12-16(2)26-25-23(15)21(32)13-22(33)31(25)14-17-8-10-18(11-9-17)19-6-4-5-7-20(19)24-27-28-29-30(24)3/h4-13,32H,14H2,1-3H3. The molecule has 0 aliphatic rings. The van der Waals surface area contributed by atoms with Crippen molar-refractivity contribution in [2.24, 2.45) is 7.05 Å². The molecule has 5 aromatic rings. The molecular formula is C25H22N6O2. The van der Waals surface area contributed by atoms with Crippen molar-refractivity contribution in [3.05, 3.63) is 87.8 Å². The first-order valence-electron chi connectivity index (χ1n) is 10.5. The number of pyridine rings is 2. The largest absolute Gasteiger partial charge is 0.507 e. The Kier molecular flexibility index (Phi) is 4.97. The van der Waals surface area contributed by atoms with Crippen molar-refractivity contribution in [3.63, 3.8) is 0 Å². The fourth-order valence-corrected chi connectivity index (χ4v) is 4.21. The van der Waals surface area contributed by atoms with Crippen molar-refractivity contribution in [1.29, 1.82) is 0 Å². The predicted octanol–water partition coefficient (Wildman–Crippen LogP) is 3.62. The molecule has 0 unspecified atom stereocenters. The number of nitrogens with zero attached hydrogens (tertiary/aromatic N) is 6. The van der Waals surface area contributed by atoms with E-state index in [9.17, 15) is 9.90 Å². The smallest absolute Gasteiger partial charge is 0.256 e. The van der Waals surface area contributed by atoms with Gasteiger partial charge in [-0.2, -0.15) is 0 Å². The first-order chi connectivity index (χ1) is 15.9. The summed E-state index contributed by atoms with van der Waals surface area (Å²) in [6.07, 6.45) is 0. The van der Waals surface area contributed by atoms with Crippen LogP contribution in [0.15, 0.2) is 65.5 Å². The van der Waals surface area contributed by atoms with Gasteiger partial charge in [-0.05, 0) is 52.6 Å². The van der Waals surface area contributed by atoms with Crippen LogP contribution in [-0.4, -0.2) is 34.9 Å². The van der Waals surface area contributed by atoms with Crippen LogP contribution >= 0.6 is 0 Å². The first-order valence-corrected chi connectivity index (χ1v) is 10.5. The highest BCUT2D eigenvalue weighted by Gasteiger charge is 2.15. The number of aromatic hydroxyl groups is 1. The van der Waals surface area contributed by atoms with Gasteiger partial charge in [-0.25, -0.2) is 9.67 Å². The Bertz CT molecular complexity index is 1550. The van der Waals surface area contributed by atoms with E-state index < -0.39 is 0 Å². The normalized spacial score (nSPS) is 11.2. The SMILES string of the molecule is Cc1cc(C)c2c(O)cc(=O)n(Cc3ccc(-c4ccccc4-c4nnnn4C)cc3)c2n1. The molecular weight excluding hydrogens is 416 g/mol. The number of aromatic nitrogens is 6. The fourth-order valence-electron chi connectivity index (χ4n) is 4.21. The van der Waals surface area contributed by atoms with Crippen LogP contribution in [0.25, 0.3) is 33.5 Å². The Morgan fingerprint density at radius 3 is 2.39 bits per heavy atom. The van der Waals surface area contributed by atoms with Crippen molar-refractivity contribution in [1.82, 2.24) is 29.8 Å². The van der Waals surface area contributed by atoms with Crippen LogP contribution in [0.1, 0.15) is 16.8 Å². The average Bonchev–Trinajstić information content (AvgIpc) is 3.22. The second-order valence-corrected chi connectivity index (χ2v) is 8.10. The molecule has 8 nitrogen and oxygen atoms in total. The summed E-state index contributed by atoms with van der Waals surface area (Å²) < 4.78 is 3.25. The molecule has 3 heterocycles. The van der Waals surface area contributed by atoms with Gasteiger partial charge >= 0.3 is 0 Å². The van der Waals surface area contributed by atoms with Crippen LogP contribution < -0.4 is 5.56 Å². The molecule has 33 heavy (non-hydrogen) atoms. The van der Waals surface area contributed by atoms with Gasteiger partial charge < -0.3 is 5.11 Å². The zero-order valence-corrected chi connectivity index (χ0v) is 18.5. The molecule has 0 atom stereocenters. The van der Waals surface area contributed by atoms with Crippen molar-refractivity contribution in [3.8, 4) is 28.3 Å². The van der Waals surface area contributed by atoms with E-state index in [0.717, 1.165) is 33.5 Å². The zero-order valence-electron chi connectivity index (χ0n) is 18.5. The molecule has 5 rings (SSSR count). The van der Waals surface area contributed by atoms with E-state index in [1.54, 1.807) is 9.25 Å².